The van der Waals surface area contributed by atoms with Crippen molar-refractivity contribution in [3.63, 3.8) is 0 Å². The molecule has 0 fully saturated rings. The molecule has 0 aliphatic rings. The molecule has 5 heteroatoms. The van der Waals surface area contributed by atoms with Gasteiger partial charge in [-0.05, 0) is 116 Å². The van der Waals surface area contributed by atoms with Gasteiger partial charge < -0.3 is 14.2 Å². The fourth-order valence-corrected chi connectivity index (χ4v) is 7.70. The van der Waals surface area contributed by atoms with Gasteiger partial charge in [-0.2, -0.15) is 0 Å². The first kappa shape index (κ1) is 63.1. The van der Waals surface area contributed by atoms with Crippen molar-refractivity contribution in [2.75, 3.05) is 19.8 Å². The summed E-state index contributed by atoms with van der Waals surface area (Å²) in [5, 5.41) is 0. The van der Waals surface area contributed by atoms with Gasteiger partial charge in [0.1, 0.15) is 6.61 Å². The molecule has 0 spiro atoms. The molecule has 1 atom stereocenters. The Morgan fingerprint density at radius 1 is 0.348 bits per heavy atom. The first-order valence-corrected chi connectivity index (χ1v) is 28.1. The highest BCUT2D eigenvalue weighted by molar-refractivity contribution is 5.70. The smallest absolute Gasteiger partial charge is 0.306 e. The maximum atomic E-state index is 12.9. The molecule has 0 aliphatic carbocycles. The zero-order valence-electron chi connectivity index (χ0n) is 43.7. The van der Waals surface area contributed by atoms with Crippen molar-refractivity contribution >= 4 is 11.9 Å². The van der Waals surface area contributed by atoms with Crippen LogP contribution in [-0.4, -0.2) is 37.9 Å². The Morgan fingerprint density at radius 3 is 1.14 bits per heavy atom. The molecule has 0 aliphatic heterocycles. The number of hydrogen-bond donors (Lipinski definition) is 0. The van der Waals surface area contributed by atoms with E-state index in [1.165, 1.54) is 135 Å². The number of carbonyl (C=O) groups excluding carboxylic acids is 2. The van der Waals surface area contributed by atoms with Gasteiger partial charge in [-0.3, -0.25) is 9.59 Å². The largest absolute Gasteiger partial charge is 0.462 e. The van der Waals surface area contributed by atoms with E-state index < -0.39 is 6.10 Å². The van der Waals surface area contributed by atoms with Crippen LogP contribution in [0.5, 0.6) is 0 Å². The number of carbonyl (C=O) groups is 2. The van der Waals surface area contributed by atoms with E-state index in [2.05, 4.69) is 106 Å². The molecule has 0 heterocycles. The minimum atomic E-state index is -0.558. The minimum Gasteiger partial charge on any atom is -0.462 e. The van der Waals surface area contributed by atoms with Gasteiger partial charge in [0.2, 0.25) is 0 Å². The van der Waals surface area contributed by atoms with Gasteiger partial charge >= 0.3 is 11.9 Å². The summed E-state index contributed by atoms with van der Waals surface area (Å²) >= 11 is 0. The summed E-state index contributed by atoms with van der Waals surface area (Å²) < 4.78 is 17.4. The number of rotatable bonds is 51. The van der Waals surface area contributed by atoms with E-state index >= 15 is 0 Å². The Hall–Kier alpha value is -2.92. The highest BCUT2D eigenvalue weighted by Crippen LogP contribution is 2.14. The third kappa shape index (κ3) is 53.7. The SMILES string of the molecule is CC/C=C\C/C=C\C/C=C\C/C=C\CCCCCCC(=O)OCC(COCCCCCCCC/C=C\C/C=C\CCCCC)OC(=O)CCCCCCCCC/C=C\CCCCCCCC. The summed E-state index contributed by atoms with van der Waals surface area (Å²) in [4.78, 5) is 25.5. The van der Waals surface area contributed by atoms with Gasteiger partial charge in [0.15, 0.2) is 6.10 Å². The summed E-state index contributed by atoms with van der Waals surface area (Å²) in [6, 6.07) is 0. The third-order valence-electron chi connectivity index (χ3n) is 11.9. The molecular weight excluding hydrogens is 813 g/mol. The molecule has 0 bridgehead atoms. The van der Waals surface area contributed by atoms with Crippen molar-refractivity contribution in [2.24, 2.45) is 0 Å². The van der Waals surface area contributed by atoms with Gasteiger partial charge in [0.25, 0.3) is 0 Å². The fourth-order valence-electron chi connectivity index (χ4n) is 7.70. The van der Waals surface area contributed by atoms with Crippen molar-refractivity contribution in [3.8, 4) is 0 Å². The monoisotopic (exact) mass is 919 g/mol. The molecule has 0 saturated carbocycles. The summed E-state index contributed by atoms with van der Waals surface area (Å²) in [6.45, 7) is 7.65. The average molecular weight is 920 g/mol. The van der Waals surface area contributed by atoms with Crippen LogP contribution < -0.4 is 0 Å². The molecule has 0 aromatic heterocycles. The van der Waals surface area contributed by atoms with Crippen LogP contribution in [0.4, 0.5) is 0 Å². The lowest BCUT2D eigenvalue weighted by Gasteiger charge is -2.18. The molecular formula is C61H106O5. The van der Waals surface area contributed by atoms with Crippen LogP contribution in [0.1, 0.15) is 265 Å². The van der Waals surface area contributed by atoms with Crippen molar-refractivity contribution in [1.82, 2.24) is 0 Å². The van der Waals surface area contributed by atoms with Gasteiger partial charge in [0.05, 0.1) is 6.61 Å². The molecule has 0 N–H and O–H groups in total. The third-order valence-corrected chi connectivity index (χ3v) is 11.9. The van der Waals surface area contributed by atoms with E-state index in [1.54, 1.807) is 0 Å². The van der Waals surface area contributed by atoms with Crippen LogP contribution in [0.3, 0.4) is 0 Å². The van der Waals surface area contributed by atoms with E-state index in [-0.39, 0.29) is 25.2 Å². The fraction of sp³-hybridized carbons (Fsp3) is 0.738. The number of allylic oxidation sites excluding steroid dienone is 14. The summed E-state index contributed by atoms with van der Waals surface area (Å²) in [5.74, 6) is -0.432. The molecule has 0 rings (SSSR count). The molecule has 0 aromatic rings. The van der Waals surface area contributed by atoms with E-state index in [0.717, 1.165) is 96.3 Å². The molecule has 5 nitrogen and oxygen atoms in total. The van der Waals surface area contributed by atoms with Crippen LogP contribution in [0.15, 0.2) is 85.1 Å². The number of hydrogen-bond acceptors (Lipinski definition) is 5. The molecule has 0 aromatic carbocycles. The zero-order valence-corrected chi connectivity index (χ0v) is 43.7. The molecule has 0 saturated heterocycles. The number of ether oxygens (including phenoxy) is 3. The van der Waals surface area contributed by atoms with Crippen molar-refractivity contribution in [3.05, 3.63) is 85.1 Å². The predicted octanol–water partition coefficient (Wildman–Crippen LogP) is 19.2. The lowest BCUT2D eigenvalue weighted by molar-refractivity contribution is -0.163. The van der Waals surface area contributed by atoms with Gasteiger partial charge in [-0.25, -0.2) is 0 Å². The van der Waals surface area contributed by atoms with Crippen LogP contribution in [-0.2, 0) is 23.8 Å². The van der Waals surface area contributed by atoms with Crippen molar-refractivity contribution < 1.29 is 23.8 Å². The van der Waals surface area contributed by atoms with Gasteiger partial charge in [-0.1, -0.05) is 221 Å². The Bertz CT molecular complexity index is 1220. The first-order chi connectivity index (χ1) is 32.6. The van der Waals surface area contributed by atoms with E-state index in [1.807, 2.05) is 0 Å². The quantitative estimate of drug-likeness (QED) is 0.0346. The van der Waals surface area contributed by atoms with E-state index in [9.17, 15) is 9.59 Å². The average Bonchev–Trinajstić information content (AvgIpc) is 3.32. The Morgan fingerprint density at radius 2 is 0.682 bits per heavy atom. The summed E-state index contributed by atoms with van der Waals surface area (Å²) in [7, 11) is 0. The van der Waals surface area contributed by atoms with E-state index in [4.69, 9.17) is 14.2 Å². The molecule has 66 heavy (non-hydrogen) atoms. The Balaban J connectivity index is 4.35. The number of unbranched alkanes of at least 4 members (excludes halogenated alkanes) is 26. The van der Waals surface area contributed by atoms with Crippen LogP contribution in [0.2, 0.25) is 0 Å². The molecule has 380 valence electrons. The molecule has 1 unspecified atom stereocenters. The maximum Gasteiger partial charge on any atom is 0.306 e. The lowest BCUT2D eigenvalue weighted by atomic mass is 10.1. The molecule has 0 amide bonds. The van der Waals surface area contributed by atoms with Crippen LogP contribution >= 0.6 is 0 Å². The van der Waals surface area contributed by atoms with Crippen molar-refractivity contribution in [2.45, 2.75) is 271 Å². The van der Waals surface area contributed by atoms with Crippen molar-refractivity contribution in [1.29, 1.82) is 0 Å². The van der Waals surface area contributed by atoms with Crippen LogP contribution in [0.25, 0.3) is 0 Å². The van der Waals surface area contributed by atoms with E-state index in [0.29, 0.717) is 19.4 Å². The lowest BCUT2D eigenvalue weighted by Crippen LogP contribution is -2.30. The Labute approximate surface area is 409 Å². The van der Waals surface area contributed by atoms with Crippen LogP contribution in [0, 0.1) is 0 Å². The Kier molecular flexibility index (Phi) is 53.9. The normalized spacial score (nSPS) is 12.8. The first-order valence-electron chi connectivity index (χ1n) is 28.1. The predicted molar refractivity (Wildman–Crippen MR) is 288 cm³/mol. The highest BCUT2D eigenvalue weighted by Gasteiger charge is 2.17. The highest BCUT2D eigenvalue weighted by atomic mass is 16.6. The number of esters is 2. The second kappa shape index (κ2) is 56.4. The topological polar surface area (TPSA) is 61.8 Å². The molecule has 0 radical (unpaired) electrons. The standard InChI is InChI=1S/C61H106O5/c1-4-7-10-13-16-19-22-25-28-31-33-36-39-42-45-48-51-54-60(62)65-58-59(57-64-56-53-50-47-44-41-38-35-30-27-24-21-18-15-12-9-6-3)66-61(63)55-52-49-46-43-40-37-34-32-29-26-23-20-17-14-11-8-5-2/h7,10,16,18-19,21,25-30,33,36,59H,4-6,8-9,11-15,17,20,22-24,31-32,34-35,37-58H2,1-3H3/b10-7-,19-16-,21-18-,28-25-,29-26-,30-27-,36-33-. The summed E-state index contributed by atoms with van der Waals surface area (Å²) in [6.07, 6.45) is 74.5. The zero-order chi connectivity index (χ0) is 47.7. The maximum absolute atomic E-state index is 12.9. The minimum absolute atomic E-state index is 0.0638. The second-order valence-electron chi connectivity index (χ2n) is 18.4. The van der Waals surface area contributed by atoms with Gasteiger partial charge in [0, 0.05) is 19.4 Å². The second-order valence-corrected chi connectivity index (χ2v) is 18.4. The summed E-state index contributed by atoms with van der Waals surface area (Å²) in [5.41, 5.74) is 0. The van der Waals surface area contributed by atoms with Gasteiger partial charge in [-0.15, -0.1) is 0 Å².